The molecule has 0 radical (unpaired) electrons. The lowest BCUT2D eigenvalue weighted by atomic mass is 10.3. The molecule has 6 heteroatoms. The first-order valence-corrected chi connectivity index (χ1v) is 3.33. The van der Waals surface area contributed by atoms with Crippen LogP contribution in [-0.4, -0.2) is 49.2 Å². The predicted octanol–water partition coefficient (Wildman–Crippen LogP) is -0.115. The van der Waals surface area contributed by atoms with Gasteiger partial charge < -0.3 is 15.3 Å². The molecule has 0 rings (SSSR count). The molecule has 0 saturated heterocycles. The number of halogens is 2. The molecule has 0 unspecified atom stereocenters. The highest BCUT2D eigenvalue weighted by atomic mass is 19.3. The number of hydrogen-bond acceptors (Lipinski definition) is 2. The normalized spacial score (nSPS) is 11.1. The van der Waals surface area contributed by atoms with Gasteiger partial charge in [0.2, 0.25) is 0 Å². The quantitative estimate of drug-likeness (QED) is 0.639. The number of aliphatic hydroxyl groups is 1. The van der Waals surface area contributed by atoms with Crippen LogP contribution in [0.25, 0.3) is 0 Å². The predicted molar refractivity (Wildman–Crippen MR) is 39.1 cm³/mol. The van der Waals surface area contributed by atoms with Crippen LogP contribution in [0.3, 0.4) is 0 Å². The molecule has 0 aromatic rings. The molecule has 0 spiro atoms. The average Bonchev–Trinajstić information content (AvgIpc) is 2.00. The van der Waals surface area contributed by atoms with Crippen LogP contribution in [0.5, 0.6) is 0 Å². The van der Waals surface area contributed by atoms with Crippen molar-refractivity contribution in [2.75, 3.05) is 27.2 Å². The number of alkyl halides is 2. The number of hydrogen-bond donors (Lipinski definition) is 2. The molecule has 0 aliphatic carbocycles. The minimum atomic E-state index is -3.24. The molecule has 2 amide bonds. The maximum atomic E-state index is 12.3. The minimum absolute atomic E-state index is 0.608. The minimum Gasteiger partial charge on any atom is -0.390 e. The Balaban J connectivity index is 3.76. The van der Waals surface area contributed by atoms with E-state index in [1.165, 1.54) is 14.1 Å². The highest BCUT2D eigenvalue weighted by molar-refractivity contribution is 5.73. The molecule has 0 aliphatic heterocycles. The molecular weight excluding hydrogens is 170 g/mol. The lowest BCUT2D eigenvalue weighted by Crippen LogP contribution is -2.43. The zero-order valence-corrected chi connectivity index (χ0v) is 6.97. The highest BCUT2D eigenvalue weighted by Crippen LogP contribution is 2.09. The van der Waals surface area contributed by atoms with Crippen molar-refractivity contribution < 1.29 is 18.7 Å². The highest BCUT2D eigenvalue weighted by Gasteiger charge is 2.28. The van der Waals surface area contributed by atoms with Crippen molar-refractivity contribution in [1.29, 1.82) is 0 Å². The molecule has 4 nitrogen and oxygen atoms in total. The third kappa shape index (κ3) is 4.07. The van der Waals surface area contributed by atoms with Crippen LogP contribution in [0, 0.1) is 0 Å². The van der Waals surface area contributed by atoms with Crippen molar-refractivity contribution in [3.63, 3.8) is 0 Å². The number of carbonyl (C=O) groups is 1. The molecule has 0 heterocycles. The summed E-state index contributed by atoms with van der Waals surface area (Å²) in [6, 6.07) is -0.608. The number of rotatable bonds is 3. The van der Waals surface area contributed by atoms with Gasteiger partial charge in [0.25, 0.3) is 5.92 Å². The number of carbonyl (C=O) groups excluding carboxylic acids is 1. The Morgan fingerprint density at radius 1 is 1.58 bits per heavy atom. The van der Waals surface area contributed by atoms with E-state index in [0.717, 1.165) is 4.90 Å². The molecule has 0 aliphatic rings. The van der Waals surface area contributed by atoms with Crippen LogP contribution < -0.4 is 5.32 Å². The summed E-state index contributed by atoms with van der Waals surface area (Å²) >= 11 is 0. The summed E-state index contributed by atoms with van der Waals surface area (Å²) in [4.78, 5) is 11.8. The first-order valence-electron chi connectivity index (χ1n) is 3.33. The molecule has 0 aromatic carbocycles. The van der Waals surface area contributed by atoms with Gasteiger partial charge in [0.1, 0.15) is 6.61 Å². The second-order valence-electron chi connectivity index (χ2n) is 2.57. The molecule has 0 fully saturated rings. The van der Waals surface area contributed by atoms with E-state index in [0.29, 0.717) is 0 Å². The largest absolute Gasteiger partial charge is 0.390 e. The number of nitrogens with zero attached hydrogens (tertiary/aromatic N) is 1. The Morgan fingerprint density at radius 3 is 2.42 bits per heavy atom. The fraction of sp³-hybridized carbons (Fsp3) is 0.833. The van der Waals surface area contributed by atoms with E-state index in [4.69, 9.17) is 5.11 Å². The summed E-state index contributed by atoms with van der Waals surface area (Å²) in [6.45, 7) is -2.11. The van der Waals surface area contributed by atoms with Crippen molar-refractivity contribution in [2.24, 2.45) is 0 Å². The van der Waals surface area contributed by atoms with Gasteiger partial charge in [-0.3, -0.25) is 0 Å². The second kappa shape index (κ2) is 4.20. The van der Waals surface area contributed by atoms with Crippen LogP contribution in [0.1, 0.15) is 0 Å². The lowest BCUT2D eigenvalue weighted by Gasteiger charge is -2.16. The number of urea groups is 1. The SMILES string of the molecule is CN(C)C(=O)NCC(F)(F)CO. The summed E-state index contributed by atoms with van der Waals surface area (Å²) < 4.78 is 24.6. The van der Waals surface area contributed by atoms with Crippen LogP contribution in [-0.2, 0) is 0 Å². The molecule has 72 valence electrons. The zero-order chi connectivity index (χ0) is 9.78. The Bertz CT molecular complexity index is 162. The van der Waals surface area contributed by atoms with Crippen molar-refractivity contribution in [3.8, 4) is 0 Å². The zero-order valence-electron chi connectivity index (χ0n) is 6.97. The van der Waals surface area contributed by atoms with Gasteiger partial charge in [-0.25, -0.2) is 13.6 Å². The molecule has 0 atom stereocenters. The lowest BCUT2D eigenvalue weighted by molar-refractivity contribution is -0.0458. The number of aliphatic hydroxyl groups excluding tert-OH is 1. The Labute approximate surface area is 69.2 Å². The van der Waals surface area contributed by atoms with E-state index in [1.807, 2.05) is 5.32 Å². The number of nitrogens with one attached hydrogen (secondary N) is 1. The van der Waals surface area contributed by atoms with Gasteiger partial charge in [0, 0.05) is 14.1 Å². The maximum Gasteiger partial charge on any atom is 0.317 e. The van der Waals surface area contributed by atoms with E-state index in [1.54, 1.807) is 0 Å². The number of amides is 2. The van der Waals surface area contributed by atoms with Crippen molar-refractivity contribution in [1.82, 2.24) is 10.2 Å². The summed E-state index contributed by atoms with van der Waals surface area (Å²) in [5.74, 6) is -3.24. The fourth-order valence-electron chi connectivity index (χ4n) is 0.419. The maximum absolute atomic E-state index is 12.3. The first-order chi connectivity index (χ1) is 5.39. The fourth-order valence-corrected chi connectivity index (χ4v) is 0.419. The van der Waals surface area contributed by atoms with Crippen molar-refractivity contribution in [2.45, 2.75) is 5.92 Å². The Morgan fingerprint density at radius 2 is 2.08 bits per heavy atom. The molecule has 0 saturated carbocycles. The standard InChI is InChI=1S/C6H12F2N2O2/c1-10(2)5(12)9-3-6(7,8)4-11/h11H,3-4H2,1-2H3,(H,9,12). The van der Waals surface area contributed by atoms with Gasteiger partial charge in [-0.15, -0.1) is 0 Å². The van der Waals surface area contributed by atoms with Gasteiger partial charge in [0.15, 0.2) is 0 Å². The molecule has 0 aromatic heterocycles. The van der Waals surface area contributed by atoms with Crippen LogP contribution in [0.4, 0.5) is 13.6 Å². The third-order valence-corrected chi connectivity index (χ3v) is 1.14. The third-order valence-electron chi connectivity index (χ3n) is 1.14. The first kappa shape index (κ1) is 11.1. The van der Waals surface area contributed by atoms with E-state index in [9.17, 15) is 13.6 Å². The molecule has 0 bridgehead atoms. The van der Waals surface area contributed by atoms with Gasteiger partial charge in [-0.2, -0.15) is 0 Å². The van der Waals surface area contributed by atoms with Gasteiger partial charge >= 0.3 is 6.03 Å². The summed E-state index contributed by atoms with van der Waals surface area (Å²) in [5.41, 5.74) is 0. The Kier molecular flexibility index (Phi) is 3.88. The van der Waals surface area contributed by atoms with Gasteiger partial charge in [-0.1, -0.05) is 0 Å². The van der Waals surface area contributed by atoms with Gasteiger partial charge in [-0.05, 0) is 0 Å². The topological polar surface area (TPSA) is 52.6 Å². The summed E-state index contributed by atoms with van der Waals surface area (Å²) in [5, 5.41) is 10.1. The monoisotopic (exact) mass is 182 g/mol. The van der Waals surface area contributed by atoms with E-state index < -0.39 is 25.1 Å². The summed E-state index contributed by atoms with van der Waals surface area (Å²) in [7, 11) is 2.87. The van der Waals surface area contributed by atoms with Crippen LogP contribution in [0.2, 0.25) is 0 Å². The van der Waals surface area contributed by atoms with Gasteiger partial charge in [0.05, 0.1) is 6.54 Å². The van der Waals surface area contributed by atoms with E-state index in [2.05, 4.69) is 0 Å². The van der Waals surface area contributed by atoms with Crippen LogP contribution in [0.15, 0.2) is 0 Å². The second-order valence-corrected chi connectivity index (χ2v) is 2.57. The molecule has 2 N–H and O–H groups in total. The smallest absolute Gasteiger partial charge is 0.317 e. The summed E-state index contributed by atoms with van der Waals surface area (Å²) in [6.07, 6.45) is 0. The van der Waals surface area contributed by atoms with E-state index >= 15 is 0 Å². The van der Waals surface area contributed by atoms with Crippen LogP contribution >= 0.6 is 0 Å². The van der Waals surface area contributed by atoms with Crippen molar-refractivity contribution >= 4 is 6.03 Å². The van der Waals surface area contributed by atoms with E-state index in [-0.39, 0.29) is 0 Å². The average molecular weight is 182 g/mol. The molecule has 12 heavy (non-hydrogen) atoms. The molecular formula is C6H12F2N2O2. The van der Waals surface area contributed by atoms with Crippen molar-refractivity contribution in [3.05, 3.63) is 0 Å². The Hall–Kier alpha value is -0.910.